The number of halogens is 1. The molecule has 1 aliphatic heterocycles. The van der Waals surface area contributed by atoms with Crippen molar-refractivity contribution < 1.29 is 23.9 Å². The standard InChI is InChI=1S/C23H18FN5O4/c1-28-19(9-17(11-30)27-28)13-2-5-15(6-3-13)23(21(32)25-22(33)26-23)12-29-10-14-4-7-16(24)8-18(14)20(29)31/h2-11,31H,12H2,1H3,(H2,25,26,32,33)/t23-/m1/s1. The van der Waals surface area contributed by atoms with Crippen molar-refractivity contribution in [3.05, 3.63) is 71.8 Å². The number of carbonyl (C=O) groups excluding carboxylic acids is 3. The highest BCUT2D eigenvalue weighted by molar-refractivity contribution is 6.07. The van der Waals surface area contributed by atoms with E-state index in [-0.39, 0.29) is 12.4 Å². The Morgan fingerprint density at radius 3 is 2.55 bits per heavy atom. The first-order valence-electron chi connectivity index (χ1n) is 10.0. The van der Waals surface area contributed by atoms with Crippen molar-refractivity contribution in [2.24, 2.45) is 7.05 Å². The van der Waals surface area contributed by atoms with Gasteiger partial charge in [-0.15, -0.1) is 0 Å². The van der Waals surface area contributed by atoms with Gasteiger partial charge in [0, 0.05) is 24.0 Å². The van der Waals surface area contributed by atoms with E-state index in [9.17, 15) is 23.9 Å². The van der Waals surface area contributed by atoms with E-state index in [0.29, 0.717) is 34.0 Å². The number of benzene rings is 2. The van der Waals surface area contributed by atoms with Crippen molar-refractivity contribution >= 4 is 29.0 Å². The summed E-state index contributed by atoms with van der Waals surface area (Å²) in [4.78, 5) is 36.1. The van der Waals surface area contributed by atoms with Gasteiger partial charge in [-0.2, -0.15) is 5.10 Å². The second-order valence-corrected chi connectivity index (χ2v) is 7.90. The van der Waals surface area contributed by atoms with Crippen molar-refractivity contribution in [1.82, 2.24) is 25.0 Å². The van der Waals surface area contributed by atoms with Crippen LogP contribution < -0.4 is 10.6 Å². The van der Waals surface area contributed by atoms with E-state index < -0.39 is 23.3 Å². The van der Waals surface area contributed by atoms with Gasteiger partial charge in [-0.1, -0.05) is 24.3 Å². The fraction of sp³-hybridized carbons (Fsp3) is 0.130. The van der Waals surface area contributed by atoms with Gasteiger partial charge < -0.3 is 15.0 Å². The number of aryl methyl sites for hydroxylation is 1. The molecule has 3 heterocycles. The Balaban J connectivity index is 1.57. The molecule has 2 aromatic heterocycles. The van der Waals surface area contributed by atoms with E-state index in [0.717, 1.165) is 5.56 Å². The highest BCUT2D eigenvalue weighted by atomic mass is 19.1. The average Bonchev–Trinajstić information content (AvgIpc) is 3.42. The van der Waals surface area contributed by atoms with Crippen LogP contribution in [-0.4, -0.2) is 37.7 Å². The van der Waals surface area contributed by atoms with Crippen LogP contribution in [0.4, 0.5) is 9.18 Å². The molecule has 3 N–H and O–H groups in total. The number of fused-ring (bicyclic) bond motifs is 1. The SMILES string of the molecule is Cn1nc(C=O)cc1-c1ccc([C@@]2(Cn3cc4ccc(F)cc4c3O)NC(=O)NC2=O)cc1. The summed E-state index contributed by atoms with van der Waals surface area (Å²) in [5.74, 6) is -1.29. The lowest BCUT2D eigenvalue weighted by Crippen LogP contribution is -2.47. The Morgan fingerprint density at radius 1 is 1.15 bits per heavy atom. The molecule has 0 bridgehead atoms. The number of urea groups is 1. The van der Waals surface area contributed by atoms with Gasteiger partial charge in [0.05, 0.1) is 12.2 Å². The third kappa shape index (κ3) is 3.23. The maximum atomic E-state index is 13.6. The van der Waals surface area contributed by atoms with Gasteiger partial charge in [-0.05, 0) is 35.4 Å². The minimum absolute atomic E-state index is 0.118. The molecule has 5 rings (SSSR count). The van der Waals surface area contributed by atoms with Crippen molar-refractivity contribution in [2.75, 3.05) is 0 Å². The molecule has 4 aromatic rings. The molecule has 33 heavy (non-hydrogen) atoms. The summed E-state index contributed by atoms with van der Waals surface area (Å²) in [6.45, 7) is -0.118. The molecule has 1 saturated heterocycles. The first-order chi connectivity index (χ1) is 15.8. The highest BCUT2D eigenvalue weighted by Gasteiger charge is 2.48. The van der Waals surface area contributed by atoms with Crippen LogP contribution >= 0.6 is 0 Å². The molecule has 3 amide bonds. The zero-order chi connectivity index (χ0) is 23.3. The van der Waals surface area contributed by atoms with Crippen LogP contribution in [0.25, 0.3) is 22.0 Å². The van der Waals surface area contributed by atoms with Crippen LogP contribution in [-0.2, 0) is 23.9 Å². The highest BCUT2D eigenvalue weighted by Crippen LogP contribution is 2.34. The fourth-order valence-electron chi connectivity index (χ4n) is 4.23. The molecular weight excluding hydrogens is 429 g/mol. The molecule has 1 aliphatic rings. The average molecular weight is 447 g/mol. The molecule has 2 aromatic carbocycles. The Hall–Kier alpha value is -4.47. The third-order valence-electron chi connectivity index (χ3n) is 5.87. The van der Waals surface area contributed by atoms with Crippen molar-refractivity contribution in [2.45, 2.75) is 12.1 Å². The van der Waals surface area contributed by atoms with E-state index in [4.69, 9.17) is 0 Å². The van der Waals surface area contributed by atoms with Crippen LogP contribution in [0.3, 0.4) is 0 Å². The number of hydrogen-bond donors (Lipinski definition) is 3. The minimum atomic E-state index is -1.50. The number of aldehydes is 1. The van der Waals surface area contributed by atoms with Crippen LogP contribution in [0.5, 0.6) is 5.88 Å². The number of aromatic hydroxyl groups is 1. The van der Waals surface area contributed by atoms with Gasteiger partial charge >= 0.3 is 6.03 Å². The van der Waals surface area contributed by atoms with Crippen molar-refractivity contribution in [3.8, 4) is 17.1 Å². The maximum Gasteiger partial charge on any atom is 0.322 e. The Bertz CT molecular complexity index is 1440. The predicted molar refractivity (Wildman–Crippen MR) is 116 cm³/mol. The molecule has 0 radical (unpaired) electrons. The predicted octanol–water partition coefficient (Wildman–Crippen LogP) is 2.43. The number of imide groups is 1. The lowest BCUT2D eigenvalue weighted by atomic mass is 9.88. The maximum absolute atomic E-state index is 13.6. The van der Waals surface area contributed by atoms with Gasteiger partial charge in [0.1, 0.15) is 11.5 Å². The van der Waals surface area contributed by atoms with Crippen molar-refractivity contribution in [1.29, 1.82) is 0 Å². The molecule has 9 nitrogen and oxygen atoms in total. The number of aromatic nitrogens is 3. The second kappa shape index (κ2) is 7.30. The summed E-state index contributed by atoms with van der Waals surface area (Å²) in [7, 11) is 1.71. The van der Waals surface area contributed by atoms with Gasteiger partial charge in [-0.3, -0.25) is 19.6 Å². The zero-order valence-electron chi connectivity index (χ0n) is 17.4. The normalized spacial score (nSPS) is 17.9. The fourth-order valence-corrected chi connectivity index (χ4v) is 4.23. The number of amides is 3. The molecule has 1 atom stereocenters. The minimum Gasteiger partial charge on any atom is -0.494 e. The molecule has 10 heteroatoms. The lowest BCUT2D eigenvalue weighted by Gasteiger charge is -2.27. The topological polar surface area (TPSA) is 118 Å². The summed E-state index contributed by atoms with van der Waals surface area (Å²) < 4.78 is 16.6. The van der Waals surface area contributed by atoms with E-state index in [1.165, 1.54) is 22.8 Å². The molecule has 0 unspecified atom stereocenters. The van der Waals surface area contributed by atoms with Crippen molar-refractivity contribution in [3.63, 3.8) is 0 Å². The van der Waals surface area contributed by atoms with E-state index in [1.807, 2.05) is 0 Å². The Morgan fingerprint density at radius 2 is 1.91 bits per heavy atom. The van der Waals surface area contributed by atoms with Crippen LogP contribution in [0.15, 0.2) is 54.7 Å². The lowest BCUT2D eigenvalue weighted by molar-refractivity contribution is -0.124. The summed E-state index contributed by atoms with van der Waals surface area (Å²) >= 11 is 0. The first-order valence-corrected chi connectivity index (χ1v) is 10.0. The first kappa shape index (κ1) is 20.4. The number of rotatable bonds is 5. The quantitative estimate of drug-likeness (QED) is 0.321. The van der Waals surface area contributed by atoms with Crippen LogP contribution in [0.2, 0.25) is 0 Å². The number of nitrogens with one attached hydrogen (secondary N) is 2. The molecule has 0 saturated carbocycles. The van der Waals surface area contributed by atoms with Gasteiger partial charge in [0.25, 0.3) is 5.91 Å². The van der Waals surface area contributed by atoms with E-state index >= 15 is 0 Å². The summed E-state index contributed by atoms with van der Waals surface area (Å²) in [5.41, 5.74) is 0.736. The van der Waals surface area contributed by atoms with Crippen LogP contribution in [0.1, 0.15) is 16.1 Å². The molecule has 166 valence electrons. The second-order valence-electron chi connectivity index (χ2n) is 7.90. The van der Waals surface area contributed by atoms with E-state index in [2.05, 4.69) is 15.7 Å². The monoisotopic (exact) mass is 447 g/mol. The molecular formula is C23H18FN5O4. The van der Waals surface area contributed by atoms with Gasteiger partial charge in [-0.25, -0.2) is 9.18 Å². The molecule has 1 fully saturated rings. The number of carbonyl (C=O) groups is 3. The molecule has 0 aliphatic carbocycles. The molecule has 0 spiro atoms. The van der Waals surface area contributed by atoms with Gasteiger partial charge in [0.2, 0.25) is 0 Å². The summed E-state index contributed by atoms with van der Waals surface area (Å²) in [6, 6.07) is 11.9. The third-order valence-corrected chi connectivity index (χ3v) is 5.87. The number of nitrogens with zero attached hydrogens (tertiary/aromatic N) is 3. The zero-order valence-corrected chi connectivity index (χ0v) is 17.4. The Labute approximate surface area is 186 Å². The number of hydrogen-bond acceptors (Lipinski definition) is 5. The summed E-state index contributed by atoms with van der Waals surface area (Å²) in [5, 5.41) is 20.6. The smallest absolute Gasteiger partial charge is 0.322 e. The van der Waals surface area contributed by atoms with Gasteiger partial charge in [0.15, 0.2) is 17.7 Å². The largest absolute Gasteiger partial charge is 0.494 e. The van der Waals surface area contributed by atoms with E-state index in [1.54, 1.807) is 48.3 Å². The Kier molecular flexibility index (Phi) is 4.52. The van der Waals surface area contributed by atoms with Crippen LogP contribution in [0, 0.1) is 5.82 Å². The summed E-state index contributed by atoms with van der Waals surface area (Å²) in [6.07, 6.45) is 2.25.